The Morgan fingerprint density at radius 1 is 1.15 bits per heavy atom. The summed E-state index contributed by atoms with van der Waals surface area (Å²) >= 11 is 0. The van der Waals surface area contributed by atoms with Crippen LogP contribution in [0.15, 0.2) is 18.2 Å². The standard InChI is InChI=1S/C17H25F4N2.C4H6O6/c1-12(2)9-23(6-5-13(8-22)10-23)11-14-3-4-15(18)7-16(14)17(19,20)21;5-1(3(7)8)2(6)4(9)10/h3-4,7,12-13H,5-6,8-11,22H2,1-2H3;1-2,5-6H,(H,7,8)(H,9,10)/q+1;/t13-,23?;/m0./s1. The Balaban J connectivity index is 0.000000461. The van der Waals surface area contributed by atoms with Gasteiger partial charge in [0.1, 0.15) is 12.4 Å². The number of nitrogens with two attached hydrogens (primary N) is 1. The molecule has 1 aliphatic heterocycles. The van der Waals surface area contributed by atoms with Gasteiger partial charge in [-0.15, -0.1) is 0 Å². The minimum absolute atomic E-state index is 0.178. The zero-order chi connectivity index (χ0) is 25.6. The molecule has 0 bridgehead atoms. The van der Waals surface area contributed by atoms with E-state index in [2.05, 4.69) is 13.8 Å². The maximum atomic E-state index is 13.3. The number of carbonyl (C=O) groups is 2. The molecule has 0 aliphatic carbocycles. The van der Waals surface area contributed by atoms with Crippen molar-refractivity contribution in [3.63, 3.8) is 0 Å². The number of carboxylic acid groups (broad SMARTS) is 2. The number of aliphatic carboxylic acids is 2. The summed E-state index contributed by atoms with van der Waals surface area (Å²) in [6.45, 7) is 7.43. The molecular weight excluding hydrogens is 452 g/mol. The quantitative estimate of drug-likeness (QED) is 0.280. The van der Waals surface area contributed by atoms with E-state index in [-0.39, 0.29) is 12.1 Å². The van der Waals surface area contributed by atoms with Crippen LogP contribution in [-0.2, 0) is 22.3 Å². The Labute approximate surface area is 188 Å². The molecule has 188 valence electrons. The van der Waals surface area contributed by atoms with Crippen molar-refractivity contribution in [1.82, 2.24) is 0 Å². The van der Waals surface area contributed by atoms with Crippen LogP contribution in [0.25, 0.3) is 0 Å². The molecule has 1 aromatic carbocycles. The van der Waals surface area contributed by atoms with E-state index in [1.807, 2.05) is 0 Å². The summed E-state index contributed by atoms with van der Waals surface area (Å²) in [5.41, 5.74) is 5.08. The monoisotopic (exact) mass is 483 g/mol. The summed E-state index contributed by atoms with van der Waals surface area (Å²) in [6.07, 6.45) is -8.13. The van der Waals surface area contributed by atoms with Crippen molar-refractivity contribution in [1.29, 1.82) is 0 Å². The molecule has 12 heteroatoms. The fraction of sp³-hybridized carbons (Fsp3) is 0.619. The molecule has 1 saturated heterocycles. The highest BCUT2D eigenvalue weighted by molar-refractivity contribution is 5.83. The van der Waals surface area contributed by atoms with Crippen LogP contribution in [-0.4, -0.2) is 75.2 Å². The molecule has 4 atom stereocenters. The van der Waals surface area contributed by atoms with Crippen LogP contribution in [0.1, 0.15) is 31.4 Å². The van der Waals surface area contributed by atoms with Crippen molar-refractivity contribution in [2.24, 2.45) is 17.6 Å². The summed E-state index contributed by atoms with van der Waals surface area (Å²) in [7, 11) is 0. The van der Waals surface area contributed by atoms with Gasteiger partial charge in [-0.25, -0.2) is 14.0 Å². The van der Waals surface area contributed by atoms with Gasteiger partial charge in [0.25, 0.3) is 0 Å². The van der Waals surface area contributed by atoms with Crippen LogP contribution in [0.5, 0.6) is 0 Å². The SMILES string of the molecule is CC(C)C[N+]1(Cc2ccc(F)cc2C(F)(F)F)CC[C@@H](CN)C1.O=C(O)C(O)C(O)C(=O)O. The minimum Gasteiger partial charge on any atom is -0.479 e. The highest BCUT2D eigenvalue weighted by Gasteiger charge is 2.41. The molecule has 1 aromatic rings. The van der Waals surface area contributed by atoms with Crippen LogP contribution in [0.4, 0.5) is 17.6 Å². The number of aliphatic hydroxyl groups excluding tert-OH is 2. The molecule has 2 rings (SSSR count). The van der Waals surface area contributed by atoms with Gasteiger partial charge in [0.15, 0.2) is 12.2 Å². The van der Waals surface area contributed by atoms with Gasteiger partial charge in [-0.3, -0.25) is 0 Å². The third-order valence-corrected chi connectivity index (χ3v) is 5.43. The molecule has 0 amide bonds. The maximum absolute atomic E-state index is 13.3. The minimum atomic E-state index is -4.54. The number of aliphatic hydroxyl groups is 2. The first-order chi connectivity index (χ1) is 15.1. The number of hydrogen-bond donors (Lipinski definition) is 5. The molecule has 33 heavy (non-hydrogen) atoms. The third-order valence-electron chi connectivity index (χ3n) is 5.43. The van der Waals surface area contributed by atoms with E-state index in [4.69, 9.17) is 26.2 Å². The number of halogens is 4. The van der Waals surface area contributed by atoms with E-state index in [1.54, 1.807) is 0 Å². The number of hydrogen-bond acceptors (Lipinski definition) is 5. The molecule has 0 aromatic heterocycles. The van der Waals surface area contributed by atoms with Gasteiger partial charge in [0.2, 0.25) is 0 Å². The van der Waals surface area contributed by atoms with E-state index in [0.29, 0.717) is 28.9 Å². The lowest BCUT2D eigenvalue weighted by Gasteiger charge is -2.37. The molecule has 8 nitrogen and oxygen atoms in total. The summed E-state index contributed by atoms with van der Waals surface area (Å²) in [4.78, 5) is 19.5. The number of alkyl halides is 3. The third kappa shape index (κ3) is 8.54. The second kappa shape index (κ2) is 11.7. The summed E-state index contributed by atoms with van der Waals surface area (Å²) in [6, 6.07) is 3.01. The van der Waals surface area contributed by atoms with Crippen LogP contribution in [0.3, 0.4) is 0 Å². The smallest absolute Gasteiger partial charge is 0.416 e. The first kappa shape index (κ1) is 28.8. The van der Waals surface area contributed by atoms with Gasteiger partial charge >= 0.3 is 18.1 Å². The Morgan fingerprint density at radius 3 is 2.09 bits per heavy atom. The number of carboxylic acids is 2. The molecule has 0 spiro atoms. The van der Waals surface area contributed by atoms with Crippen molar-refractivity contribution in [3.05, 3.63) is 35.1 Å². The number of likely N-dealkylation sites (tertiary alicyclic amines) is 1. The van der Waals surface area contributed by atoms with Crippen LogP contribution >= 0.6 is 0 Å². The summed E-state index contributed by atoms with van der Waals surface area (Å²) < 4.78 is 53.6. The summed E-state index contributed by atoms with van der Waals surface area (Å²) in [5, 5.41) is 32.5. The van der Waals surface area contributed by atoms with Crippen molar-refractivity contribution in [2.75, 3.05) is 26.2 Å². The van der Waals surface area contributed by atoms with E-state index < -0.39 is 41.7 Å². The lowest BCUT2D eigenvalue weighted by atomic mass is 10.0. The maximum Gasteiger partial charge on any atom is 0.416 e. The molecule has 0 radical (unpaired) electrons. The van der Waals surface area contributed by atoms with E-state index in [1.165, 1.54) is 6.07 Å². The normalized spacial score (nSPS) is 22.4. The van der Waals surface area contributed by atoms with Crippen molar-refractivity contribution < 1.29 is 52.1 Å². The Bertz CT molecular complexity index is 802. The van der Waals surface area contributed by atoms with E-state index in [9.17, 15) is 27.2 Å². The second-order valence-corrected chi connectivity index (χ2v) is 8.74. The van der Waals surface area contributed by atoms with Gasteiger partial charge in [0.05, 0.1) is 25.2 Å². The van der Waals surface area contributed by atoms with Crippen molar-refractivity contribution >= 4 is 11.9 Å². The van der Waals surface area contributed by atoms with Gasteiger partial charge in [-0.1, -0.05) is 13.8 Å². The molecular formula is C21H31F4N2O6+. The highest BCUT2D eigenvalue weighted by atomic mass is 19.4. The number of rotatable bonds is 8. The number of quaternary nitrogens is 1. The predicted octanol–water partition coefficient (Wildman–Crippen LogP) is 1.67. The first-order valence-electron chi connectivity index (χ1n) is 10.3. The van der Waals surface area contributed by atoms with Gasteiger partial charge in [-0.05, 0) is 18.2 Å². The highest BCUT2D eigenvalue weighted by Crippen LogP contribution is 2.36. The Kier molecular flexibility index (Phi) is 10.2. The van der Waals surface area contributed by atoms with Crippen LogP contribution < -0.4 is 5.73 Å². The fourth-order valence-corrected chi connectivity index (χ4v) is 4.11. The van der Waals surface area contributed by atoms with Crippen LogP contribution in [0.2, 0.25) is 0 Å². The van der Waals surface area contributed by atoms with Crippen molar-refractivity contribution in [2.45, 2.75) is 45.2 Å². The molecule has 6 N–H and O–H groups in total. The van der Waals surface area contributed by atoms with E-state index >= 15 is 0 Å². The Morgan fingerprint density at radius 2 is 1.70 bits per heavy atom. The zero-order valence-corrected chi connectivity index (χ0v) is 18.4. The number of nitrogens with zero attached hydrogens (tertiary/aromatic N) is 1. The van der Waals surface area contributed by atoms with Gasteiger partial charge in [-0.2, -0.15) is 13.2 Å². The van der Waals surface area contributed by atoms with Crippen molar-refractivity contribution in [3.8, 4) is 0 Å². The lowest BCUT2D eigenvalue weighted by Crippen LogP contribution is -2.48. The number of benzene rings is 1. The fourth-order valence-electron chi connectivity index (χ4n) is 4.11. The molecule has 0 saturated carbocycles. The van der Waals surface area contributed by atoms with E-state index in [0.717, 1.165) is 32.1 Å². The van der Waals surface area contributed by atoms with Crippen LogP contribution in [0, 0.1) is 17.7 Å². The average molecular weight is 483 g/mol. The topological polar surface area (TPSA) is 141 Å². The Hall–Kier alpha value is -2.28. The predicted molar refractivity (Wildman–Crippen MR) is 109 cm³/mol. The molecule has 3 unspecified atom stereocenters. The van der Waals surface area contributed by atoms with Gasteiger partial charge < -0.3 is 30.6 Å². The first-order valence-corrected chi connectivity index (χ1v) is 10.3. The molecule has 1 heterocycles. The average Bonchev–Trinajstić information content (AvgIpc) is 3.09. The largest absolute Gasteiger partial charge is 0.479 e. The zero-order valence-electron chi connectivity index (χ0n) is 18.4. The molecule has 1 aliphatic rings. The molecule has 1 fully saturated rings. The summed E-state index contributed by atoms with van der Waals surface area (Å²) in [5.74, 6) is -3.66. The van der Waals surface area contributed by atoms with Gasteiger partial charge in [0, 0.05) is 30.4 Å². The second-order valence-electron chi connectivity index (χ2n) is 8.74. The lowest BCUT2D eigenvalue weighted by molar-refractivity contribution is -0.933.